The largest absolute Gasteiger partial charge is 0.497 e. The van der Waals surface area contributed by atoms with E-state index in [1.165, 1.54) is 6.08 Å². The maximum Gasteiger partial charge on any atom is 0.356 e. The molecule has 0 atom stereocenters. The topological polar surface area (TPSA) is 72.9 Å². The second-order valence-electron chi connectivity index (χ2n) is 4.10. The second-order valence-corrected chi connectivity index (χ2v) is 4.10. The number of ether oxygens (including phenoxy) is 1. The van der Waals surface area contributed by atoms with Crippen LogP contribution in [-0.4, -0.2) is 30.0 Å². The van der Waals surface area contributed by atoms with Crippen molar-refractivity contribution < 1.29 is 24.0 Å². The molecular weight excluding hydrogens is 262 g/mol. The van der Waals surface area contributed by atoms with E-state index in [0.29, 0.717) is 10.8 Å². The van der Waals surface area contributed by atoms with Gasteiger partial charge in [-0.05, 0) is 23.8 Å². The molecule has 2 amide bonds. The van der Waals surface area contributed by atoms with Gasteiger partial charge in [0.2, 0.25) is 0 Å². The molecule has 0 aliphatic carbocycles. The van der Waals surface area contributed by atoms with E-state index in [-0.39, 0.29) is 12.8 Å². The average molecular weight is 275 g/mol. The van der Waals surface area contributed by atoms with Crippen molar-refractivity contribution in [3.63, 3.8) is 0 Å². The minimum atomic E-state index is -0.774. The monoisotopic (exact) mass is 275 g/mol. The van der Waals surface area contributed by atoms with Crippen molar-refractivity contribution >= 4 is 23.9 Å². The van der Waals surface area contributed by atoms with Crippen LogP contribution in [0, 0.1) is 0 Å². The van der Waals surface area contributed by atoms with Gasteiger partial charge >= 0.3 is 5.97 Å². The van der Waals surface area contributed by atoms with Gasteiger partial charge in [-0.3, -0.25) is 9.59 Å². The molecule has 1 aromatic rings. The van der Waals surface area contributed by atoms with Crippen molar-refractivity contribution in [3.8, 4) is 5.75 Å². The summed E-state index contributed by atoms with van der Waals surface area (Å²) in [7, 11) is 1.56. The molecule has 1 aliphatic heterocycles. The Bertz CT molecular complexity index is 545. The van der Waals surface area contributed by atoms with Crippen molar-refractivity contribution in [1.29, 1.82) is 0 Å². The molecule has 104 valence electrons. The first-order valence-electron chi connectivity index (χ1n) is 6.00. The number of amides is 2. The molecule has 2 rings (SSSR count). The van der Waals surface area contributed by atoms with E-state index in [9.17, 15) is 14.4 Å². The van der Waals surface area contributed by atoms with Gasteiger partial charge in [0.05, 0.1) is 7.11 Å². The lowest BCUT2D eigenvalue weighted by Crippen LogP contribution is -2.31. The number of imide groups is 1. The fourth-order valence-electron chi connectivity index (χ4n) is 1.66. The summed E-state index contributed by atoms with van der Waals surface area (Å²) < 4.78 is 5.01. The number of methoxy groups -OCH3 is 1. The van der Waals surface area contributed by atoms with Gasteiger partial charge in [-0.2, -0.15) is 0 Å². The summed E-state index contributed by atoms with van der Waals surface area (Å²) in [6.07, 6.45) is 2.83. The Hall–Kier alpha value is -2.63. The number of hydrogen-bond acceptors (Lipinski definition) is 5. The van der Waals surface area contributed by atoms with Crippen LogP contribution in [0.4, 0.5) is 0 Å². The van der Waals surface area contributed by atoms with Crippen LogP contribution in [0.3, 0.4) is 0 Å². The van der Waals surface area contributed by atoms with Crippen LogP contribution in [0.5, 0.6) is 5.75 Å². The summed E-state index contributed by atoms with van der Waals surface area (Å²) in [5, 5.41) is 0.515. The zero-order valence-corrected chi connectivity index (χ0v) is 10.9. The normalized spacial score (nSPS) is 14.9. The van der Waals surface area contributed by atoms with Crippen molar-refractivity contribution in [2.24, 2.45) is 0 Å². The first-order chi connectivity index (χ1) is 9.60. The maximum absolute atomic E-state index is 11.5. The predicted octanol–water partition coefficient (Wildman–Crippen LogP) is 1.32. The number of nitrogens with zero attached hydrogens (tertiary/aromatic N) is 1. The quantitative estimate of drug-likeness (QED) is 0.612. The highest BCUT2D eigenvalue weighted by Crippen LogP contribution is 2.14. The van der Waals surface area contributed by atoms with Gasteiger partial charge in [0, 0.05) is 18.9 Å². The van der Waals surface area contributed by atoms with E-state index in [4.69, 9.17) is 4.74 Å². The molecule has 0 N–H and O–H groups in total. The highest BCUT2D eigenvalue weighted by Gasteiger charge is 2.32. The lowest BCUT2D eigenvalue weighted by atomic mass is 10.2. The van der Waals surface area contributed by atoms with Crippen molar-refractivity contribution in [2.45, 2.75) is 12.8 Å². The average Bonchev–Trinajstić information content (AvgIpc) is 2.77. The Morgan fingerprint density at radius 1 is 1.15 bits per heavy atom. The van der Waals surface area contributed by atoms with Crippen LogP contribution < -0.4 is 4.74 Å². The Kier molecular flexibility index (Phi) is 4.14. The standard InChI is InChI=1S/C14H13NO5/c1-19-11-5-2-10(3-6-11)4-9-14(18)20-15-12(16)7-8-13(15)17/h2-6,9H,7-8H2,1H3. The molecule has 1 heterocycles. The van der Waals surface area contributed by atoms with Gasteiger partial charge in [-0.15, -0.1) is 5.06 Å². The number of carbonyl (C=O) groups excluding carboxylic acids is 3. The molecule has 6 nitrogen and oxygen atoms in total. The Balaban J connectivity index is 1.94. The van der Waals surface area contributed by atoms with E-state index in [2.05, 4.69) is 4.84 Å². The van der Waals surface area contributed by atoms with Crippen molar-refractivity contribution in [3.05, 3.63) is 35.9 Å². The minimum absolute atomic E-state index is 0.0777. The maximum atomic E-state index is 11.5. The van der Waals surface area contributed by atoms with Crippen LogP contribution in [0.2, 0.25) is 0 Å². The molecule has 6 heteroatoms. The predicted molar refractivity (Wildman–Crippen MR) is 69.2 cm³/mol. The zero-order chi connectivity index (χ0) is 14.5. The minimum Gasteiger partial charge on any atom is -0.497 e. The van der Waals surface area contributed by atoms with Gasteiger partial charge in [0.25, 0.3) is 11.8 Å². The SMILES string of the molecule is COc1ccc(C=CC(=O)ON2C(=O)CCC2=O)cc1. The van der Waals surface area contributed by atoms with Gasteiger partial charge in [-0.25, -0.2) is 4.79 Å². The summed E-state index contributed by atoms with van der Waals surface area (Å²) in [6, 6.07) is 7.01. The van der Waals surface area contributed by atoms with Gasteiger partial charge in [0.1, 0.15) is 5.75 Å². The first-order valence-corrected chi connectivity index (χ1v) is 6.00. The summed E-state index contributed by atoms with van der Waals surface area (Å²) in [4.78, 5) is 38.7. The molecule has 0 saturated carbocycles. The molecular formula is C14H13NO5. The Labute approximate surface area is 115 Å². The third kappa shape index (κ3) is 3.23. The summed E-state index contributed by atoms with van der Waals surface area (Å²) in [5.74, 6) is -1.07. The highest BCUT2D eigenvalue weighted by molar-refractivity contribution is 6.02. The van der Waals surface area contributed by atoms with Crippen LogP contribution in [0.25, 0.3) is 6.08 Å². The van der Waals surface area contributed by atoms with E-state index >= 15 is 0 Å². The summed E-state index contributed by atoms with van der Waals surface area (Å²) in [6.45, 7) is 0. The number of hydrogen-bond donors (Lipinski definition) is 0. The summed E-state index contributed by atoms with van der Waals surface area (Å²) >= 11 is 0. The number of benzene rings is 1. The van der Waals surface area contributed by atoms with Gasteiger partial charge in [-0.1, -0.05) is 12.1 Å². The van der Waals surface area contributed by atoms with E-state index < -0.39 is 17.8 Å². The number of carbonyl (C=O) groups is 3. The highest BCUT2D eigenvalue weighted by atomic mass is 16.7. The second kappa shape index (κ2) is 6.01. The fraction of sp³-hybridized carbons (Fsp3) is 0.214. The smallest absolute Gasteiger partial charge is 0.356 e. The molecule has 1 fully saturated rings. The lowest BCUT2D eigenvalue weighted by molar-refractivity contribution is -0.193. The van der Waals surface area contributed by atoms with Crippen LogP contribution >= 0.6 is 0 Å². The molecule has 0 radical (unpaired) electrons. The number of hydroxylamine groups is 2. The molecule has 0 unspecified atom stereocenters. The third-order valence-corrected chi connectivity index (χ3v) is 2.71. The van der Waals surface area contributed by atoms with Gasteiger partial charge < -0.3 is 9.57 Å². The molecule has 1 aliphatic rings. The lowest BCUT2D eigenvalue weighted by Gasteiger charge is -2.10. The molecule has 20 heavy (non-hydrogen) atoms. The first kappa shape index (κ1) is 13.8. The van der Waals surface area contributed by atoms with Gasteiger partial charge in [0.15, 0.2) is 0 Å². The van der Waals surface area contributed by atoms with E-state index in [1.54, 1.807) is 31.4 Å². The third-order valence-electron chi connectivity index (χ3n) is 2.71. The molecule has 0 spiro atoms. The molecule has 0 bridgehead atoms. The van der Waals surface area contributed by atoms with Crippen LogP contribution in [0.15, 0.2) is 30.3 Å². The number of rotatable bonds is 4. The van der Waals surface area contributed by atoms with Crippen molar-refractivity contribution in [1.82, 2.24) is 5.06 Å². The molecule has 1 aromatic carbocycles. The Morgan fingerprint density at radius 3 is 2.30 bits per heavy atom. The fourth-order valence-corrected chi connectivity index (χ4v) is 1.66. The zero-order valence-electron chi connectivity index (χ0n) is 10.9. The summed E-state index contributed by atoms with van der Waals surface area (Å²) in [5.41, 5.74) is 0.766. The molecule has 1 saturated heterocycles. The Morgan fingerprint density at radius 2 is 1.75 bits per heavy atom. The van der Waals surface area contributed by atoms with Crippen LogP contribution in [0.1, 0.15) is 18.4 Å². The van der Waals surface area contributed by atoms with E-state index in [1.807, 2.05) is 0 Å². The van der Waals surface area contributed by atoms with Crippen LogP contribution in [-0.2, 0) is 19.2 Å². The molecule has 0 aromatic heterocycles. The van der Waals surface area contributed by atoms with E-state index in [0.717, 1.165) is 11.6 Å². The van der Waals surface area contributed by atoms with Crippen molar-refractivity contribution in [2.75, 3.05) is 7.11 Å².